The van der Waals surface area contributed by atoms with E-state index in [4.69, 9.17) is 16.7 Å². The van der Waals surface area contributed by atoms with Crippen molar-refractivity contribution in [2.45, 2.75) is 38.5 Å². The number of alkyl halides is 1. The van der Waals surface area contributed by atoms with Crippen molar-refractivity contribution in [3.63, 3.8) is 0 Å². The highest BCUT2D eigenvalue weighted by molar-refractivity contribution is 6.17. The van der Waals surface area contributed by atoms with E-state index in [1.165, 1.54) is 25.3 Å². The lowest BCUT2D eigenvalue weighted by Crippen LogP contribution is -1.85. The zero-order valence-corrected chi connectivity index (χ0v) is 8.59. The molecule has 0 rings (SSSR count). The van der Waals surface area contributed by atoms with E-state index in [2.05, 4.69) is 0 Å². The third-order valence-electron chi connectivity index (χ3n) is 1.76. The maximum absolute atomic E-state index is 10.1. The summed E-state index contributed by atoms with van der Waals surface area (Å²) in [7, 11) is 0. The van der Waals surface area contributed by atoms with Crippen LogP contribution in [0.1, 0.15) is 38.5 Å². The summed E-state index contributed by atoms with van der Waals surface area (Å²) in [6.07, 6.45) is 9.51. The van der Waals surface area contributed by atoms with Crippen LogP contribution in [0.5, 0.6) is 0 Å². The Labute approximate surface area is 84.6 Å². The van der Waals surface area contributed by atoms with Crippen LogP contribution in [0, 0.1) is 0 Å². The molecule has 76 valence electrons. The fraction of sp³-hybridized carbons (Fsp3) is 0.700. The Morgan fingerprint density at radius 1 is 1.15 bits per heavy atom. The third kappa shape index (κ3) is 11.5. The van der Waals surface area contributed by atoms with Crippen LogP contribution in [0.25, 0.3) is 0 Å². The average molecular weight is 205 g/mol. The van der Waals surface area contributed by atoms with Gasteiger partial charge in [-0.15, -0.1) is 11.6 Å². The number of hydrogen-bond acceptors (Lipinski definition) is 1. The van der Waals surface area contributed by atoms with Gasteiger partial charge in [0.25, 0.3) is 0 Å². The summed E-state index contributed by atoms with van der Waals surface area (Å²) in [6.45, 7) is 0. The summed E-state index contributed by atoms with van der Waals surface area (Å²) in [6, 6.07) is 0. The highest BCUT2D eigenvalue weighted by Crippen LogP contribution is 2.06. The topological polar surface area (TPSA) is 37.3 Å². The predicted octanol–water partition coefficient (Wildman–Crippen LogP) is 3.21. The first-order valence-electron chi connectivity index (χ1n) is 4.73. The Bertz CT molecular complexity index is 155. The lowest BCUT2D eigenvalue weighted by molar-refractivity contribution is -0.131. The highest BCUT2D eigenvalue weighted by atomic mass is 35.5. The van der Waals surface area contributed by atoms with Crippen molar-refractivity contribution in [2.75, 3.05) is 5.88 Å². The Hall–Kier alpha value is -0.500. The number of allylic oxidation sites excluding steroid dienone is 1. The molecule has 0 bridgehead atoms. The summed E-state index contributed by atoms with van der Waals surface area (Å²) in [5, 5.41) is 8.28. The largest absolute Gasteiger partial charge is 0.478 e. The van der Waals surface area contributed by atoms with Gasteiger partial charge in [0.15, 0.2) is 0 Å². The number of carboxylic acids is 1. The van der Waals surface area contributed by atoms with Gasteiger partial charge in [0.1, 0.15) is 0 Å². The third-order valence-corrected chi connectivity index (χ3v) is 2.03. The van der Waals surface area contributed by atoms with E-state index < -0.39 is 5.97 Å². The summed E-state index contributed by atoms with van der Waals surface area (Å²) in [5.41, 5.74) is 0. The monoisotopic (exact) mass is 204 g/mol. The Morgan fingerprint density at radius 2 is 1.77 bits per heavy atom. The Morgan fingerprint density at radius 3 is 2.38 bits per heavy atom. The van der Waals surface area contributed by atoms with Crippen molar-refractivity contribution in [3.05, 3.63) is 12.2 Å². The second-order valence-electron chi connectivity index (χ2n) is 2.99. The lowest BCUT2D eigenvalue weighted by Gasteiger charge is -1.96. The number of aliphatic carboxylic acids is 1. The van der Waals surface area contributed by atoms with Crippen molar-refractivity contribution < 1.29 is 9.90 Å². The van der Waals surface area contributed by atoms with Gasteiger partial charge < -0.3 is 5.11 Å². The molecule has 0 aromatic heterocycles. The van der Waals surface area contributed by atoms with E-state index in [0.29, 0.717) is 0 Å². The molecule has 0 fully saturated rings. The molecule has 0 unspecified atom stereocenters. The average Bonchev–Trinajstić information content (AvgIpc) is 2.09. The lowest BCUT2D eigenvalue weighted by atomic mass is 10.1. The number of halogens is 1. The quantitative estimate of drug-likeness (QED) is 0.375. The smallest absolute Gasteiger partial charge is 0.327 e. The van der Waals surface area contributed by atoms with E-state index in [1.54, 1.807) is 6.08 Å². The van der Waals surface area contributed by atoms with Gasteiger partial charge in [-0.25, -0.2) is 4.79 Å². The maximum Gasteiger partial charge on any atom is 0.327 e. The van der Waals surface area contributed by atoms with Gasteiger partial charge in [-0.1, -0.05) is 25.3 Å². The van der Waals surface area contributed by atoms with Crippen LogP contribution in [-0.2, 0) is 4.79 Å². The van der Waals surface area contributed by atoms with Crippen molar-refractivity contribution in [1.29, 1.82) is 0 Å². The first kappa shape index (κ1) is 12.5. The summed E-state index contributed by atoms with van der Waals surface area (Å²) in [5.74, 6) is -0.110. The van der Waals surface area contributed by atoms with E-state index in [1.807, 2.05) is 0 Å². The van der Waals surface area contributed by atoms with Gasteiger partial charge in [-0.05, 0) is 19.3 Å². The molecule has 0 heterocycles. The maximum atomic E-state index is 10.1. The second kappa shape index (κ2) is 9.59. The molecule has 0 aliphatic heterocycles. The SMILES string of the molecule is O=C(O)C=CCCCCCCCCl. The van der Waals surface area contributed by atoms with Crippen molar-refractivity contribution in [2.24, 2.45) is 0 Å². The molecule has 0 amide bonds. The van der Waals surface area contributed by atoms with Crippen LogP contribution in [-0.4, -0.2) is 17.0 Å². The molecule has 0 atom stereocenters. The normalized spacial score (nSPS) is 10.8. The molecule has 0 spiro atoms. The molecular weight excluding hydrogens is 188 g/mol. The van der Waals surface area contributed by atoms with E-state index >= 15 is 0 Å². The Balaban J connectivity index is 3.03. The molecule has 0 aliphatic carbocycles. The fourth-order valence-electron chi connectivity index (χ4n) is 1.07. The minimum Gasteiger partial charge on any atom is -0.478 e. The van der Waals surface area contributed by atoms with Crippen LogP contribution in [0.3, 0.4) is 0 Å². The molecule has 2 nitrogen and oxygen atoms in total. The molecule has 0 saturated heterocycles. The van der Waals surface area contributed by atoms with E-state index in [-0.39, 0.29) is 0 Å². The summed E-state index contributed by atoms with van der Waals surface area (Å²) in [4.78, 5) is 10.1. The molecule has 0 aromatic carbocycles. The zero-order valence-electron chi connectivity index (χ0n) is 7.84. The van der Waals surface area contributed by atoms with Gasteiger partial charge in [0.2, 0.25) is 0 Å². The van der Waals surface area contributed by atoms with Gasteiger partial charge in [-0.2, -0.15) is 0 Å². The van der Waals surface area contributed by atoms with Gasteiger partial charge >= 0.3 is 5.97 Å². The number of carboxylic acid groups (broad SMARTS) is 1. The van der Waals surface area contributed by atoms with Gasteiger partial charge in [-0.3, -0.25) is 0 Å². The van der Waals surface area contributed by atoms with Crippen LogP contribution in [0.2, 0.25) is 0 Å². The number of carbonyl (C=O) groups is 1. The van der Waals surface area contributed by atoms with Crippen LogP contribution in [0.4, 0.5) is 0 Å². The summed E-state index contributed by atoms with van der Waals surface area (Å²) < 4.78 is 0. The predicted molar refractivity (Wildman–Crippen MR) is 55.2 cm³/mol. The highest BCUT2D eigenvalue weighted by Gasteiger charge is 1.89. The van der Waals surface area contributed by atoms with Gasteiger partial charge in [0.05, 0.1) is 0 Å². The van der Waals surface area contributed by atoms with Crippen molar-refractivity contribution in [1.82, 2.24) is 0 Å². The minimum atomic E-state index is -0.859. The molecule has 13 heavy (non-hydrogen) atoms. The molecule has 0 saturated carbocycles. The molecule has 0 aromatic rings. The first-order chi connectivity index (χ1) is 6.27. The molecule has 1 N–H and O–H groups in total. The van der Waals surface area contributed by atoms with Crippen LogP contribution in [0.15, 0.2) is 12.2 Å². The molecule has 0 aliphatic rings. The first-order valence-corrected chi connectivity index (χ1v) is 5.26. The van der Waals surface area contributed by atoms with E-state index in [0.717, 1.165) is 25.1 Å². The molecule has 0 radical (unpaired) electrons. The zero-order chi connectivity index (χ0) is 9.94. The minimum absolute atomic E-state index is 0.749. The van der Waals surface area contributed by atoms with E-state index in [9.17, 15) is 4.79 Å². The second-order valence-corrected chi connectivity index (χ2v) is 3.36. The van der Waals surface area contributed by atoms with Crippen molar-refractivity contribution in [3.8, 4) is 0 Å². The number of rotatable bonds is 8. The molecular formula is C10H17ClO2. The number of unbranched alkanes of at least 4 members (excludes halogenated alkanes) is 5. The van der Waals surface area contributed by atoms with Crippen LogP contribution < -0.4 is 0 Å². The van der Waals surface area contributed by atoms with Crippen LogP contribution >= 0.6 is 11.6 Å². The standard InChI is InChI=1S/C10H17ClO2/c11-9-7-5-3-1-2-4-6-8-10(12)13/h6,8H,1-5,7,9H2,(H,12,13). The van der Waals surface area contributed by atoms with Crippen molar-refractivity contribution >= 4 is 17.6 Å². The Kier molecular flexibility index (Phi) is 9.22. The molecule has 3 heteroatoms. The number of hydrogen-bond donors (Lipinski definition) is 1. The fourth-order valence-corrected chi connectivity index (χ4v) is 1.26. The van der Waals surface area contributed by atoms with Gasteiger partial charge in [0, 0.05) is 12.0 Å². The summed E-state index contributed by atoms with van der Waals surface area (Å²) >= 11 is 5.52.